The number of nitrogens with zero attached hydrogens (tertiary/aromatic N) is 1. The van der Waals surface area contributed by atoms with Crippen molar-refractivity contribution in [1.82, 2.24) is 0 Å². The molecule has 0 bridgehead atoms. The van der Waals surface area contributed by atoms with Crippen LogP contribution in [0, 0.1) is 10.1 Å². The number of nitro groups is 1. The van der Waals surface area contributed by atoms with E-state index in [0.29, 0.717) is 25.5 Å². The van der Waals surface area contributed by atoms with E-state index in [0.717, 1.165) is 5.56 Å². The highest BCUT2D eigenvalue weighted by Crippen LogP contribution is 2.41. The van der Waals surface area contributed by atoms with Crippen LogP contribution in [0.2, 0.25) is 5.02 Å². The van der Waals surface area contributed by atoms with Crippen molar-refractivity contribution in [2.75, 3.05) is 0 Å². The molecule has 21 heavy (non-hydrogen) atoms. The van der Waals surface area contributed by atoms with Crippen LogP contribution in [0.1, 0.15) is 5.56 Å². The Morgan fingerprint density at radius 2 is 1.81 bits per heavy atom. The molecule has 0 amide bonds. The summed E-state index contributed by atoms with van der Waals surface area (Å²) in [5.41, 5.74) is 0.711. The third-order valence-electron chi connectivity index (χ3n) is 2.58. The van der Waals surface area contributed by atoms with E-state index in [1.54, 1.807) is 18.2 Å². The van der Waals surface area contributed by atoms with Gasteiger partial charge in [-0.25, -0.2) is 0 Å². The third kappa shape index (κ3) is 3.88. The first-order chi connectivity index (χ1) is 9.92. The maximum absolute atomic E-state index is 10.8. The van der Waals surface area contributed by atoms with Gasteiger partial charge in [-0.2, -0.15) is 0 Å². The number of non-ortho nitro benzene ring substituents is 1. The van der Waals surface area contributed by atoms with E-state index in [4.69, 9.17) is 27.9 Å². The maximum atomic E-state index is 10.8. The number of alkyl halides is 1. The number of ether oxygens (including phenoxy) is 1. The fourth-order valence-corrected chi connectivity index (χ4v) is 3.30. The Morgan fingerprint density at radius 3 is 2.33 bits per heavy atom. The van der Waals surface area contributed by atoms with Gasteiger partial charge in [0.2, 0.25) is 0 Å². The first kappa shape index (κ1) is 16.5. The molecule has 2 aromatic rings. The molecule has 0 heterocycles. The van der Waals surface area contributed by atoms with Crippen LogP contribution in [-0.4, -0.2) is 4.92 Å². The van der Waals surface area contributed by atoms with E-state index in [9.17, 15) is 10.1 Å². The second-order valence-electron chi connectivity index (χ2n) is 3.98. The highest BCUT2D eigenvalue weighted by atomic mass is 79.9. The van der Waals surface area contributed by atoms with Crippen molar-refractivity contribution in [3.8, 4) is 11.5 Å². The number of nitro benzene ring substituents is 1. The Kier molecular flexibility index (Phi) is 5.48. The molecule has 0 atom stereocenters. The zero-order chi connectivity index (χ0) is 15.6. The molecule has 0 aliphatic carbocycles. The van der Waals surface area contributed by atoms with Crippen molar-refractivity contribution >= 4 is 60.7 Å². The Morgan fingerprint density at radius 1 is 1.19 bits per heavy atom. The Balaban J connectivity index is 2.45. The highest BCUT2D eigenvalue weighted by Gasteiger charge is 2.17. The van der Waals surface area contributed by atoms with Crippen LogP contribution >= 0.6 is 55.1 Å². The molecule has 0 aromatic heterocycles. The van der Waals surface area contributed by atoms with Crippen LogP contribution < -0.4 is 4.74 Å². The van der Waals surface area contributed by atoms with Crippen LogP contribution in [0.25, 0.3) is 0 Å². The van der Waals surface area contributed by atoms with Gasteiger partial charge in [0.05, 0.1) is 19.7 Å². The molecule has 110 valence electrons. The molecule has 0 N–H and O–H groups in total. The first-order valence-electron chi connectivity index (χ1n) is 5.58. The Hall–Kier alpha value is -0.820. The average molecular weight is 456 g/mol. The molecule has 0 saturated carbocycles. The third-order valence-corrected chi connectivity index (χ3v) is 4.28. The summed E-state index contributed by atoms with van der Waals surface area (Å²) in [6.45, 7) is 0. The predicted octanol–water partition coefficient (Wildman–Crippen LogP) is 6.30. The fourth-order valence-electron chi connectivity index (χ4n) is 1.59. The topological polar surface area (TPSA) is 52.4 Å². The first-order valence-corrected chi connectivity index (χ1v) is 8.08. The molecule has 0 unspecified atom stereocenters. The molecule has 0 fully saturated rings. The SMILES string of the molecule is O=[N+]([O-])c1cc(Br)c(Oc2cc(Cl)ccc2CCl)c(Br)c1. The maximum Gasteiger partial charge on any atom is 0.271 e. The molecule has 0 radical (unpaired) electrons. The summed E-state index contributed by atoms with van der Waals surface area (Å²) in [5, 5.41) is 11.3. The molecule has 0 spiro atoms. The number of hydrogen-bond acceptors (Lipinski definition) is 3. The summed E-state index contributed by atoms with van der Waals surface area (Å²) in [5.74, 6) is 1.16. The summed E-state index contributed by atoms with van der Waals surface area (Å²) in [4.78, 5) is 10.3. The minimum atomic E-state index is -0.483. The second-order valence-corrected chi connectivity index (χ2v) is 6.40. The van der Waals surface area contributed by atoms with Crippen LogP contribution in [-0.2, 0) is 5.88 Å². The highest BCUT2D eigenvalue weighted by molar-refractivity contribution is 9.11. The molecule has 2 aromatic carbocycles. The van der Waals surface area contributed by atoms with Gasteiger partial charge in [0.25, 0.3) is 5.69 Å². The predicted molar refractivity (Wildman–Crippen MR) is 89.6 cm³/mol. The largest absolute Gasteiger partial charge is 0.455 e. The van der Waals surface area contributed by atoms with Gasteiger partial charge in [-0.05, 0) is 44.0 Å². The van der Waals surface area contributed by atoms with Crippen molar-refractivity contribution < 1.29 is 9.66 Å². The van der Waals surface area contributed by atoms with E-state index in [2.05, 4.69) is 31.9 Å². The van der Waals surface area contributed by atoms with Crippen molar-refractivity contribution in [2.24, 2.45) is 0 Å². The van der Waals surface area contributed by atoms with Crippen LogP contribution in [0.15, 0.2) is 39.3 Å². The summed E-state index contributed by atoms with van der Waals surface area (Å²) in [6.07, 6.45) is 0. The van der Waals surface area contributed by atoms with E-state index in [1.807, 2.05) is 0 Å². The van der Waals surface area contributed by atoms with Gasteiger partial charge in [0, 0.05) is 22.7 Å². The van der Waals surface area contributed by atoms with E-state index >= 15 is 0 Å². The lowest BCUT2D eigenvalue weighted by atomic mass is 10.2. The number of rotatable bonds is 4. The molecule has 4 nitrogen and oxygen atoms in total. The normalized spacial score (nSPS) is 10.5. The number of benzene rings is 2. The molecule has 2 rings (SSSR count). The lowest BCUT2D eigenvalue weighted by molar-refractivity contribution is -0.385. The molecule has 0 aliphatic heterocycles. The van der Waals surface area contributed by atoms with E-state index in [1.165, 1.54) is 12.1 Å². The monoisotopic (exact) mass is 453 g/mol. The zero-order valence-corrected chi connectivity index (χ0v) is 15.0. The van der Waals surface area contributed by atoms with Gasteiger partial charge in [0.1, 0.15) is 5.75 Å². The smallest absolute Gasteiger partial charge is 0.271 e. The Bertz CT molecular complexity index is 687. The summed E-state index contributed by atoms with van der Waals surface area (Å²) in [7, 11) is 0. The van der Waals surface area contributed by atoms with E-state index < -0.39 is 4.92 Å². The quantitative estimate of drug-likeness (QED) is 0.308. The van der Waals surface area contributed by atoms with Gasteiger partial charge < -0.3 is 4.74 Å². The lowest BCUT2D eigenvalue weighted by Crippen LogP contribution is -1.94. The fraction of sp³-hybridized carbons (Fsp3) is 0.0769. The van der Waals surface area contributed by atoms with Gasteiger partial charge in [-0.1, -0.05) is 17.7 Å². The minimum Gasteiger partial charge on any atom is -0.455 e. The molecule has 0 aliphatic rings. The molecule has 0 saturated heterocycles. The van der Waals surface area contributed by atoms with Gasteiger partial charge in [-0.3, -0.25) is 10.1 Å². The number of halogens is 4. The van der Waals surface area contributed by atoms with Crippen molar-refractivity contribution in [3.63, 3.8) is 0 Å². The van der Waals surface area contributed by atoms with Gasteiger partial charge in [-0.15, -0.1) is 11.6 Å². The van der Waals surface area contributed by atoms with Crippen molar-refractivity contribution in [1.29, 1.82) is 0 Å². The van der Waals surface area contributed by atoms with Crippen molar-refractivity contribution in [2.45, 2.75) is 5.88 Å². The van der Waals surface area contributed by atoms with E-state index in [-0.39, 0.29) is 11.6 Å². The van der Waals surface area contributed by atoms with Crippen LogP contribution in [0.3, 0.4) is 0 Å². The molecular weight excluding hydrogens is 449 g/mol. The van der Waals surface area contributed by atoms with Crippen LogP contribution in [0.5, 0.6) is 11.5 Å². The molecule has 8 heteroatoms. The van der Waals surface area contributed by atoms with Gasteiger partial charge in [0.15, 0.2) is 5.75 Å². The second kappa shape index (κ2) is 6.96. The minimum absolute atomic E-state index is 0.0511. The number of hydrogen-bond donors (Lipinski definition) is 0. The summed E-state index contributed by atoms with van der Waals surface area (Å²) in [6, 6.07) is 7.85. The van der Waals surface area contributed by atoms with Gasteiger partial charge >= 0.3 is 0 Å². The Labute approximate surface area is 147 Å². The average Bonchev–Trinajstić information content (AvgIpc) is 2.42. The van der Waals surface area contributed by atoms with Crippen LogP contribution in [0.4, 0.5) is 5.69 Å². The lowest BCUT2D eigenvalue weighted by Gasteiger charge is -2.13. The van der Waals surface area contributed by atoms with Crippen molar-refractivity contribution in [3.05, 3.63) is 60.0 Å². The summed E-state index contributed by atoms with van der Waals surface area (Å²) >= 11 is 18.3. The molecular formula is C13H7Br2Cl2NO3. The standard InChI is InChI=1S/C13H7Br2Cl2NO3/c14-10-4-9(18(19)20)5-11(15)13(10)21-12-3-8(17)2-1-7(12)6-16/h1-5H,6H2. The summed E-state index contributed by atoms with van der Waals surface area (Å²) < 4.78 is 6.69. The zero-order valence-electron chi connectivity index (χ0n) is 10.3.